The van der Waals surface area contributed by atoms with Gasteiger partial charge in [-0.2, -0.15) is 0 Å². The molecular formula is C17H14N2O3. The van der Waals surface area contributed by atoms with E-state index in [1.54, 1.807) is 7.11 Å². The molecule has 1 unspecified atom stereocenters. The number of carbonyl (C=O) groups excluding carboxylic acids is 1. The van der Waals surface area contributed by atoms with E-state index in [2.05, 4.69) is 23.2 Å². The Hall–Kier alpha value is -2.69. The fraction of sp³-hybridized carbons (Fsp3) is 0.235. The zero-order valence-corrected chi connectivity index (χ0v) is 12.1. The third kappa shape index (κ3) is 1.31. The van der Waals surface area contributed by atoms with Crippen molar-refractivity contribution in [3.63, 3.8) is 0 Å². The topological polar surface area (TPSA) is 58.5 Å². The van der Waals surface area contributed by atoms with Gasteiger partial charge in [0.15, 0.2) is 0 Å². The first-order valence-electron chi connectivity index (χ1n) is 7.36. The molecule has 22 heavy (non-hydrogen) atoms. The first-order chi connectivity index (χ1) is 10.8. The Bertz CT molecular complexity index is 921. The highest BCUT2D eigenvalue weighted by atomic mass is 16.6. The fourth-order valence-electron chi connectivity index (χ4n) is 3.77. The molecule has 2 aliphatic rings. The SMILES string of the molecule is COc1cc2c(o1)C(=O)N1CCc3c([nH]c4ccccc34)C21. The van der Waals surface area contributed by atoms with E-state index in [9.17, 15) is 4.79 Å². The number of furan rings is 1. The van der Waals surface area contributed by atoms with Crippen LogP contribution < -0.4 is 4.74 Å². The van der Waals surface area contributed by atoms with E-state index >= 15 is 0 Å². The lowest BCUT2D eigenvalue weighted by atomic mass is 9.96. The summed E-state index contributed by atoms with van der Waals surface area (Å²) in [5, 5.41) is 1.24. The van der Waals surface area contributed by atoms with Gasteiger partial charge >= 0.3 is 0 Å². The van der Waals surface area contributed by atoms with Gasteiger partial charge in [0.25, 0.3) is 11.9 Å². The van der Waals surface area contributed by atoms with E-state index in [1.807, 2.05) is 17.0 Å². The van der Waals surface area contributed by atoms with Gasteiger partial charge in [-0.1, -0.05) is 18.2 Å². The Morgan fingerprint density at radius 1 is 1.36 bits per heavy atom. The maximum atomic E-state index is 12.5. The van der Waals surface area contributed by atoms with Gasteiger partial charge in [0.1, 0.15) is 6.04 Å². The Labute approximate surface area is 126 Å². The molecule has 110 valence electrons. The van der Waals surface area contributed by atoms with Crippen LogP contribution in [0.25, 0.3) is 10.9 Å². The van der Waals surface area contributed by atoms with Gasteiger partial charge in [-0.15, -0.1) is 0 Å². The standard InChI is InChI=1S/C17H14N2O3/c1-21-13-8-11-15-14-10(9-4-2-3-5-12(9)18-14)6-7-19(15)17(20)16(11)22-13/h2-5,8,15,18H,6-7H2,1H3. The molecule has 2 aromatic heterocycles. The van der Waals surface area contributed by atoms with Crippen LogP contribution in [0.2, 0.25) is 0 Å². The summed E-state index contributed by atoms with van der Waals surface area (Å²) in [4.78, 5) is 17.9. The lowest BCUT2D eigenvalue weighted by Gasteiger charge is -2.30. The number of fused-ring (bicyclic) bond motifs is 7. The zero-order valence-electron chi connectivity index (χ0n) is 12.1. The summed E-state index contributed by atoms with van der Waals surface area (Å²) >= 11 is 0. The van der Waals surface area contributed by atoms with Gasteiger partial charge in [0, 0.05) is 34.8 Å². The lowest BCUT2D eigenvalue weighted by Crippen LogP contribution is -2.35. The second-order valence-electron chi connectivity index (χ2n) is 5.77. The zero-order chi connectivity index (χ0) is 14.8. The third-order valence-electron chi connectivity index (χ3n) is 4.72. The Kier molecular flexibility index (Phi) is 2.13. The maximum Gasteiger partial charge on any atom is 0.290 e. The molecule has 0 saturated heterocycles. The highest BCUT2D eigenvalue weighted by Gasteiger charge is 2.45. The molecule has 1 amide bonds. The van der Waals surface area contributed by atoms with E-state index in [0.717, 1.165) is 23.2 Å². The van der Waals surface area contributed by atoms with Gasteiger partial charge in [0.2, 0.25) is 5.76 Å². The highest BCUT2D eigenvalue weighted by molar-refractivity contribution is 5.98. The van der Waals surface area contributed by atoms with Crippen LogP contribution in [-0.4, -0.2) is 29.4 Å². The van der Waals surface area contributed by atoms with Crippen molar-refractivity contribution in [1.82, 2.24) is 9.88 Å². The van der Waals surface area contributed by atoms with Crippen LogP contribution in [0.4, 0.5) is 0 Å². The average molecular weight is 294 g/mol. The molecule has 5 nitrogen and oxygen atoms in total. The number of ether oxygens (including phenoxy) is 1. The molecule has 0 saturated carbocycles. The highest BCUT2D eigenvalue weighted by Crippen LogP contribution is 2.46. The fourth-order valence-corrected chi connectivity index (χ4v) is 3.77. The number of carbonyl (C=O) groups is 1. The Morgan fingerprint density at radius 2 is 2.23 bits per heavy atom. The van der Waals surface area contributed by atoms with E-state index in [0.29, 0.717) is 18.3 Å². The minimum Gasteiger partial charge on any atom is -0.468 e. The summed E-state index contributed by atoms with van der Waals surface area (Å²) in [6.45, 7) is 0.713. The predicted octanol–water partition coefficient (Wildman–Crippen LogP) is 2.87. The van der Waals surface area contributed by atoms with Crippen molar-refractivity contribution in [3.8, 4) is 5.95 Å². The van der Waals surface area contributed by atoms with Crippen LogP contribution in [0.1, 0.15) is 33.4 Å². The van der Waals surface area contributed by atoms with E-state index in [1.165, 1.54) is 10.9 Å². The number of aromatic nitrogens is 1. The number of benzene rings is 1. The van der Waals surface area contributed by atoms with Crippen LogP contribution >= 0.6 is 0 Å². The first kappa shape index (κ1) is 11.9. The molecule has 1 aromatic carbocycles. The van der Waals surface area contributed by atoms with Gasteiger partial charge in [-0.25, -0.2) is 0 Å². The molecule has 0 radical (unpaired) electrons. The number of aromatic amines is 1. The van der Waals surface area contributed by atoms with Crippen LogP contribution in [0.15, 0.2) is 34.7 Å². The molecule has 1 atom stereocenters. The van der Waals surface area contributed by atoms with Crippen LogP contribution in [0.5, 0.6) is 5.95 Å². The van der Waals surface area contributed by atoms with Crippen molar-refractivity contribution in [2.75, 3.05) is 13.7 Å². The number of methoxy groups -OCH3 is 1. The number of para-hydroxylation sites is 1. The first-order valence-corrected chi connectivity index (χ1v) is 7.36. The summed E-state index contributed by atoms with van der Waals surface area (Å²) in [5.41, 5.74) is 4.42. The minimum atomic E-state index is -0.0914. The summed E-state index contributed by atoms with van der Waals surface area (Å²) in [7, 11) is 1.55. The second-order valence-corrected chi connectivity index (χ2v) is 5.77. The molecule has 1 N–H and O–H groups in total. The third-order valence-corrected chi connectivity index (χ3v) is 4.72. The van der Waals surface area contributed by atoms with Gasteiger partial charge in [-0.3, -0.25) is 4.79 Å². The van der Waals surface area contributed by atoms with E-state index in [4.69, 9.17) is 9.15 Å². The van der Waals surface area contributed by atoms with E-state index in [-0.39, 0.29) is 11.9 Å². The number of amides is 1. The normalized spacial score (nSPS) is 19.2. The van der Waals surface area contributed by atoms with Crippen LogP contribution in [0, 0.1) is 0 Å². The quantitative estimate of drug-likeness (QED) is 0.750. The van der Waals surface area contributed by atoms with Crippen molar-refractivity contribution in [2.45, 2.75) is 12.5 Å². The summed E-state index contributed by atoms with van der Waals surface area (Å²) in [6, 6.07) is 10.0. The van der Waals surface area contributed by atoms with Crippen LogP contribution in [-0.2, 0) is 6.42 Å². The number of nitrogens with zero attached hydrogens (tertiary/aromatic N) is 1. The second kappa shape index (κ2) is 3.94. The molecule has 5 rings (SSSR count). The molecule has 0 fully saturated rings. The summed E-state index contributed by atoms with van der Waals surface area (Å²) in [5.74, 6) is 0.752. The Balaban J connectivity index is 1.76. The van der Waals surface area contributed by atoms with Gasteiger partial charge in [-0.05, 0) is 18.1 Å². The van der Waals surface area contributed by atoms with Crippen molar-refractivity contribution in [3.05, 3.63) is 52.9 Å². The van der Waals surface area contributed by atoms with Crippen molar-refractivity contribution < 1.29 is 13.9 Å². The van der Waals surface area contributed by atoms with Crippen molar-refractivity contribution in [1.29, 1.82) is 0 Å². The molecule has 0 spiro atoms. The Morgan fingerprint density at radius 3 is 3.09 bits per heavy atom. The summed E-state index contributed by atoms with van der Waals surface area (Å²) < 4.78 is 10.7. The van der Waals surface area contributed by atoms with Crippen molar-refractivity contribution in [2.24, 2.45) is 0 Å². The summed E-state index contributed by atoms with van der Waals surface area (Å²) in [6.07, 6.45) is 0.864. The number of nitrogens with one attached hydrogen (secondary N) is 1. The monoisotopic (exact) mass is 294 g/mol. The molecule has 0 bridgehead atoms. The van der Waals surface area contributed by atoms with Gasteiger partial charge in [0.05, 0.1) is 7.11 Å². The molecular weight excluding hydrogens is 280 g/mol. The lowest BCUT2D eigenvalue weighted by molar-refractivity contribution is 0.0706. The molecule has 3 aromatic rings. The predicted molar refractivity (Wildman–Crippen MR) is 80.1 cm³/mol. The average Bonchev–Trinajstić information content (AvgIpc) is 3.19. The maximum absolute atomic E-state index is 12.5. The number of hydrogen-bond donors (Lipinski definition) is 1. The smallest absolute Gasteiger partial charge is 0.290 e. The largest absolute Gasteiger partial charge is 0.468 e. The van der Waals surface area contributed by atoms with Crippen molar-refractivity contribution >= 4 is 16.8 Å². The molecule has 0 aliphatic carbocycles. The molecule has 2 aliphatic heterocycles. The van der Waals surface area contributed by atoms with E-state index < -0.39 is 0 Å². The van der Waals surface area contributed by atoms with Crippen LogP contribution in [0.3, 0.4) is 0 Å². The number of rotatable bonds is 1. The number of hydrogen-bond acceptors (Lipinski definition) is 3. The number of H-pyrrole nitrogens is 1. The molecule has 5 heteroatoms. The van der Waals surface area contributed by atoms with Gasteiger partial charge < -0.3 is 19.0 Å². The molecule has 4 heterocycles. The minimum absolute atomic E-state index is 0.0485.